The predicted octanol–water partition coefficient (Wildman–Crippen LogP) is 3.30. The van der Waals surface area contributed by atoms with E-state index in [0.717, 1.165) is 12.0 Å². The van der Waals surface area contributed by atoms with E-state index in [-0.39, 0.29) is 23.3 Å². The van der Waals surface area contributed by atoms with Crippen LogP contribution >= 0.6 is 0 Å². The summed E-state index contributed by atoms with van der Waals surface area (Å²) in [6.45, 7) is 0. The number of hydrogen-bond donors (Lipinski definition) is 2. The molecule has 0 spiro atoms. The molecule has 2 rings (SSSR count). The predicted molar refractivity (Wildman–Crippen MR) is 78.8 cm³/mol. The molecule has 0 aromatic heterocycles. The second-order valence-electron chi connectivity index (χ2n) is 4.77. The fourth-order valence-corrected chi connectivity index (χ4v) is 2.17. The molecular weight excluding hydrogens is 268 g/mol. The first-order valence-corrected chi connectivity index (χ1v) is 6.72. The Morgan fingerprint density at radius 2 is 1.57 bits per heavy atom. The van der Waals surface area contributed by atoms with Crippen LogP contribution in [0.1, 0.15) is 39.1 Å². The van der Waals surface area contributed by atoms with Crippen molar-refractivity contribution in [3.05, 3.63) is 65.2 Å². The number of rotatable bonds is 6. The maximum atomic E-state index is 12.1. The van der Waals surface area contributed by atoms with Crippen molar-refractivity contribution in [2.45, 2.75) is 19.3 Å². The molecule has 0 aliphatic rings. The lowest BCUT2D eigenvalue weighted by Gasteiger charge is -2.06. The van der Waals surface area contributed by atoms with Gasteiger partial charge in [0.1, 0.15) is 11.3 Å². The summed E-state index contributed by atoms with van der Waals surface area (Å²) in [5.41, 5.74) is 0.973. The number of carbonyl (C=O) groups excluding carboxylic acids is 1. The van der Waals surface area contributed by atoms with Crippen molar-refractivity contribution in [3.63, 3.8) is 0 Å². The zero-order valence-corrected chi connectivity index (χ0v) is 11.5. The molecule has 108 valence electrons. The number of aromatic hydroxyl groups is 1. The Labute approximate surface area is 122 Å². The molecule has 0 atom stereocenters. The molecule has 0 bridgehead atoms. The third-order valence-electron chi connectivity index (χ3n) is 3.28. The first-order valence-electron chi connectivity index (χ1n) is 6.72. The van der Waals surface area contributed by atoms with Gasteiger partial charge in [0.15, 0.2) is 5.78 Å². The highest BCUT2D eigenvalue weighted by Gasteiger charge is 2.17. The van der Waals surface area contributed by atoms with Crippen molar-refractivity contribution in [2.24, 2.45) is 0 Å². The molecule has 0 saturated heterocycles. The van der Waals surface area contributed by atoms with E-state index in [2.05, 4.69) is 0 Å². The van der Waals surface area contributed by atoms with Gasteiger partial charge in [0.25, 0.3) is 0 Å². The highest BCUT2D eigenvalue weighted by Crippen LogP contribution is 2.24. The standard InChI is InChI=1S/C17H16O4/c18-15(11-4-8-12-6-2-1-3-7-12)13-9-5-10-14(16(13)19)17(20)21/h1-3,5-7,9-10,19H,4,8,11H2,(H,20,21). The van der Waals surface area contributed by atoms with Crippen molar-refractivity contribution in [3.8, 4) is 5.75 Å². The quantitative estimate of drug-likeness (QED) is 0.798. The van der Waals surface area contributed by atoms with Crippen molar-refractivity contribution < 1.29 is 19.8 Å². The molecule has 0 radical (unpaired) electrons. The van der Waals surface area contributed by atoms with Gasteiger partial charge in [0.05, 0.1) is 5.56 Å². The van der Waals surface area contributed by atoms with E-state index in [4.69, 9.17) is 5.11 Å². The number of Topliss-reactive ketones (excluding diaryl/α,β-unsaturated/α-hetero) is 1. The Hall–Kier alpha value is -2.62. The summed E-state index contributed by atoms with van der Waals surface area (Å²) in [4.78, 5) is 23.0. The van der Waals surface area contributed by atoms with E-state index < -0.39 is 11.7 Å². The Balaban J connectivity index is 2.01. The van der Waals surface area contributed by atoms with Crippen LogP contribution in [-0.4, -0.2) is 22.0 Å². The molecule has 0 saturated carbocycles. The van der Waals surface area contributed by atoms with Crippen molar-refractivity contribution in [2.75, 3.05) is 0 Å². The highest BCUT2D eigenvalue weighted by atomic mass is 16.4. The lowest BCUT2D eigenvalue weighted by atomic mass is 10.00. The van der Waals surface area contributed by atoms with Crippen LogP contribution in [0.25, 0.3) is 0 Å². The van der Waals surface area contributed by atoms with Gasteiger partial charge in [0, 0.05) is 6.42 Å². The van der Waals surface area contributed by atoms with E-state index >= 15 is 0 Å². The van der Waals surface area contributed by atoms with Gasteiger partial charge in [-0.25, -0.2) is 4.79 Å². The average molecular weight is 284 g/mol. The Morgan fingerprint density at radius 1 is 0.905 bits per heavy atom. The molecule has 2 aromatic carbocycles. The Kier molecular flexibility index (Phi) is 4.72. The van der Waals surface area contributed by atoms with Crippen LogP contribution in [0.2, 0.25) is 0 Å². The summed E-state index contributed by atoms with van der Waals surface area (Å²) in [6.07, 6.45) is 1.69. The first kappa shape index (κ1) is 14.8. The van der Waals surface area contributed by atoms with Gasteiger partial charge in [-0.15, -0.1) is 0 Å². The number of aryl methyl sites for hydroxylation is 1. The van der Waals surface area contributed by atoms with Gasteiger partial charge in [-0.05, 0) is 30.5 Å². The third-order valence-corrected chi connectivity index (χ3v) is 3.28. The number of carbonyl (C=O) groups is 2. The van der Waals surface area contributed by atoms with Crippen molar-refractivity contribution in [1.82, 2.24) is 0 Å². The van der Waals surface area contributed by atoms with Crippen LogP contribution in [0.5, 0.6) is 5.75 Å². The van der Waals surface area contributed by atoms with Crippen LogP contribution < -0.4 is 0 Å². The normalized spacial score (nSPS) is 10.3. The second kappa shape index (κ2) is 6.70. The molecule has 0 unspecified atom stereocenters. The van der Waals surface area contributed by atoms with Crippen LogP contribution in [0, 0.1) is 0 Å². The first-order chi connectivity index (χ1) is 10.1. The van der Waals surface area contributed by atoms with Crippen molar-refractivity contribution >= 4 is 11.8 Å². The molecule has 0 aliphatic carbocycles. The Bertz CT molecular complexity index is 647. The van der Waals surface area contributed by atoms with Gasteiger partial charge >= 0.3 is 5.97 Å². The summed E-state index contributed by atoms with van der Waals surface area (Å²) in [7, 11) is 0. The number of phenols is 1. The van der Waals surface area contributed by atoms with Gasteiger partial charge in [-0.1, -0.05) is 36.4 Å². The smallest absolute Gasteiger partial charge is 0.339 e. The van der Waals surface area contributed by atoms with E-state index in [0.29, 0.717) is 6.42 Å². The maximum absolute atomic E-state index is 12.1. The monoisotopic (exact) mass is 284 g/mol. The molecule has 0 aliphatic heterocycles. The zero-order chi connectivity index (χ0) is 15.2. The number of benzene rings is 2. The summed E-state index contributed by atoms with van der Waals surface area (Å²) in [5, 5.41) is 18.8. The minimum absolute atomic E-state index is 0.0722. The van der Waals surface area contributed by atoms with E-state index in [1.165, 1.54) is 18.2 Å². The molecule has 0 fully saturated rings. The van der Waals surface area contributed by atoms with Gasteiger partial charge in [-0.2, -0.15) is 0 Å². The molecule has 21 heavy (non-hydrogen) atoms. The summed E-state index contributed by atoms with van der Waals surface area (Å²) >= 11 is 0. The number of carboxylic acid groups (broad SMARTS) is 1. The summed E-state index contributed by atoms with van der Waals surface area (Å²) in [6, 6.07) is 14.0. The van der Waals surface area contributed by atoms with Crippen LogP contribution in [0.3, 0.4) is 0 Å². The number of carboxylic acids is 1. The zero-order valence-electron chi connectivity index (χ0n) is 11.5. The fourth-order valence-electron chi connectivity index (χ4n) is 2.17. The molecular formula is C17H16O4. The summed E-state index contributed by atoms with van der Waals surface area (Å²) in [5.74, 6) is -1.94. The molecule has 2 N–H and O–H groups in total. The third kappa shape index (κ3) is 3.69. The van der Waals surface area contributed by atoms with E-state index in [1.54, 1.807) is 0 Å². The number of para-hydroxylation sites is 1. The van der Waals surface area contributed by atoms with Crippen LogP contribution in [-0.2, 0) is 6.42 Å². The lowest BCUT2D eigenvalue weighted by molar-refractivity contribution is 0.0693. The maximum Gasteiger partial charge on any atom is 0.339 e. The van der Waals surface area contributed by atoms with Crippen molar-refractivity contribution in [1.29, 1.82) is 0 Å². The molecule has 4 nitrogen and oxygen atoms in total. The molecule has 0 heterocycles. The molecule has 0 amide bonds. The SMILES string of the molecule is O=C(O)c1cccc(C(=O)CCCc2ccccc2)c1O. The minimum atomic E-state index is -1.24. The van der Waals surface area contributed by atoms with Gasteiger partial charge in [0.2, 0.25) is 0 Å². The van der Waals surface area contributed by atoms with Gasteiger partial charge < -0.3 is 10.2 Å². The van der Waals surface area contributed by atoms with Crippen LogP contribution in [0.4, 0.5) is 0 Å². The van der Waals surface area contributed by atoms with E-state index in [9.17, 15) is 14.7 Å². The number of hydrogen-bond acceptors (Lipinski definition) is 3. The van der Waals surface area contributed by atoms with Crippen LogP contribution in [0.15, 0.2) is 48.5 Å². The average Bonchev–Trinajstić information content (AvgIpc) is 2.48. The number of ketones is 1. The number of aromatic carboxylic acids is 1. The molecule has 4 heteroatoms. The lowest BCUT2D eigenvalue weighted by Crippen LogP contribution is -2.04. The molecule has 2 aromatic rings. The second-order valence-corrected chi connectivity index (χ2v) is 4.77. The summed E-state index contributed by atoms with van der Waals surface area (Å²) < 4.78 is 0. The largest absolute Gasteiger partial charge is 0.506 e. The topological polar surface area (TPSA) is 74.6 Å². The minimum Gasteiger partial charge on any atom is -0.506 e. The van der Waals surface area contributed by atoms with E-state index in [1.807, 2.05) is 30.3 Å². The fraction of sp³-hybridized carbons (Fsp3) is 0.176. The highest BCUT2D eigenvalue weighted by molar-refractivity contribution is 6.02. The van der Waals surface area contributed by atoms with Gasteiger partial charge in [-0.3, -0.25) is 4.79 Å². The Morgan fingerprint density at radius 3 is 2.24 bits per heavy atom.